The molecule has 0 aromatic carbocycles. The number of rotatable bonds is 10. The molecule has 0 unspecified atom stereocenters. The van der Waals surface area contributed by atoms with Gasteiger partial charge in [-0.25, -0.2) is 0 Å². The maximum atomic E-state index is 13.4. The summed E-state index contributed by atoms with van der Waals surface area (Å²) in [6.45, 7) is -1.51. The van der Waals surface area contributed by atoms with Gasteiger partial charge in [0, 0.05) is 13.3 Å². The van der Waals surface area contributed by atoms with E-state index in [1.54, 1.807) is 0 Å². The Morgan fingerprint density at radius 1 is 0.333 bits per heavy atom. The van der Waals surface area contributed by atoms with Crippen LogP contribution in [0.25, 0.3) is 0 Å². The zero-order valence-corrected chi connectivity index (χ0v) is 15.3. The summed E-state index contributed by atoms with van der Waals surface area (Å²) in [4.78, 5) is 0. The molecule has 0 fully saturated rings. The lowest BCUT2D eigenvalue weighted by Crippen LogP contribution is -2.76. The normalized spacial score (nSPS) is 16.9. The van der Waals surface area contributed by atoms with Gasteiger partial charge in [-0.3, -0.25) is 0 Å². The molecule has 0 spiro atoms. The smallest absolute Gasteiger partial charge is 0.200 e. The van der Waals surface area contributed by atoms with Crippen LogP contribution >= 0.6 is 0 Å². The molecular weight excluding hydrogens is 536 g/mol. The molecule has 33 heavy (non-hydrogen) atoms. The van der Waals surface area contributed by atoms with Gasteiger partial charge in [-0.2, -0.15) is 87.8 Å². The Hall–Kier alpha value is -1.40. The van der Waals surface area contributed by atoms with Gasteiger partial charge in [-0.15, -0.1) is 0 Å². The van der Waals surface area contributed by atoms with Gasteiger partial charge in [0.05, 0.1) is 0 Å². The summed E-state index contributed by atoms with van der Waals surface area (Å²) in [6.07, 6.45) is -2.58. The minimum Gasteiger partial charge on any atom is -0.200 e. The van der Waals surface area contributed by atoms with Gasteiger partial charge in [0.2, 0.25) is 0 Å². The molecule has 200 valence electrons. The van der Waals surface area contributed by atoms with Crippen molar-refractivity contribution in [3.8, 4) is 0 Å². The van der Waals surface area contributed by atoms with Crippen molar-refractivity contribution in [3.63, 3.8) is 0 Å². The monoisotopic (exact) mass is 544 g/mol. The van der Waals surface area contributed by atoms with Crippen LogP contribution in [0.15, 0.2) is 0 Å². The molecule has 0 atom stereocenters. The Balaban J connectivity index is 7.03. The lowest BCUT2D eigenvalue weighted by atomic mass is 9.85. The summed E-state index contributed by atoms with van der Waals surface area (Å²) in [7, 11) is 0. The van der Waals surface area contributed by atoms with Crippen molar-refractivity contribution < 1.29 is 87.8 Å². The maximum absolute atomic E-state index is 13.4. The molecule has 0 aromatic heterocycles. The molecular formula is C13H8F20. The summed E-state index contributed by atoms with van der Waals surface area (Å²) in [6, 6.07) is 0. The zero-order chi connectivity index (χ0) is 27.7. The van der Waals surface area contributed by atoms with Crippen LogP contribution in [0.3, 0.4) is 0 Å². The minimum absolute atomic E-state index is 0.156. The lowest BCUT2D eigenvalue weighted by molar-refractivity contribution is -0.468. The van der Waals surface area contributed by atoms with Crippen molar-refractivity contribution in [2.24, 2.45) is 0 Å². The first-order chi connectivity index (χ1) is 13.8. The SMILES string of the molecule is CCC(F)(F)C(F)(F)C(F)(F)C(F)(F)C(F)(F)C(F)(F)C(F)(F)C(F)(F)C(F)(F)C(C)(F)F. The Morgan fingerprint density at radius 3 is 0.697 bits per heavy atom. The molecule has 0 radical (unpaired) electrons. The summed E-state index contributed by atoms with van der Waals surface area (Å²) in [5.74, 6) is -80.8. The summed E-state index contributed by atoms with van der Waals surface area (Å²) in [5, 5.41) is 0. The van der Waals surface area contributed by atoms with Crippen LogP contribution in [0.4, 0.5) is 87.8 Å². The van der Waals surface area contributed by atoms with E-state index in [4.69, 9.17) is 0 Å². The molecule has 20 heteroatoms. The summed E-state index contributed by atoms with van der Waals surface area (Å²) < 4.78 is 263. The number of halogens is 20. The molecule has 0 rings (SSSR count). The van der Waals surface area contributed by atoms with Crippen molar-refractivity contribution in [1.29, 1.82) is 0 Å². The van der Waals surface area contributed by atoms with E-state index in [1.807, 2.05) is 0 Å². The second-order valence-corrected chi connectivity index (χ2v) is 6.54. The largest absolute Gasteiger partial charge is 0.385 e. The van der Waals surface area contributed by atoms with Gasteiger partial charge >= 0.3 is 59.2 Å². The second-order valence-electron chi connectivity index (χ2n) is 6.54. The highest BCUT2D eigenvalue weighted by molar-refractivity contribution is 5.18. The Labute approximate surface area is 168 Å². The van der Waals surface area contributed by atoms with Crippen LogP contribution in [0.5, 0.6) is 0 Å². The van der Waals surface area contributed by atoms with Crippen molar-refractivity contribution in [3.05, 3.63) is 0 Å². The molecule has 0 aliphatic carbocycles. The molecule has 0 heterocycles. The third-order valence-corrected chi connectivity index (χ3v) is 4.22. The Bertz CT molecular complexity index is 710. The van der Waals surface area contributed by atoms with E-state index in [0.717, 1.165) is 0 Å². The standard InChI is InChI=1S/C13H8F20/c1-3-5(16,17)7(20,21)9(24,25)11(28,29)13(32,33)12(30,31)10(26,27)8(22,23)6(18,19)4(2,14)15/h3H2,1-2H3. The van der Waals surface area contributed by atoms with Crippen LogP contribution in [0.1, 0.15) is 20.3 Å². The molecule has 0 amide bonds. The molecule has 0 N–H and O–H groups in total. The number of alkyl halides is 20. The van der Waals surface area contributed by atoms with Crippen LogP contribution < -0.4 is 0 Å². The van der Waals surface area contributed by atoms with Crippen LogP contribution in [0, 0.1) is 0 Å². The number of hydrogen-bond acceptors (Lipinski definition) is 0. The minimum atomic E-state index is -8.96. The molecule has 0 saturated carbocycles. The van der Waals surface area contributed by atoms with Crippen LogP contribution in [0.2, 0.25) is 0 Å². The highest BCUT2D eigenvalue weighted by Gasteiger charge is 2.97. The zero-order valence-electron chi connectivity index (χ0n) is 15.3. The molecule has 0 aliphatic rings. The fourth-order valence-corrected chi connectivity index (χ4v) is 1.91. The summed E-state index contributed by atoms with van der Waals surface area (Å²) in [5.41, 5.74) is 0. The van der Waals surface area contributed by atoms with Crippen LogP contribution in [-0.4, -0.2) is 59.2 Å². The van der Waals surface area contributed by atoms with Gasteiger partial charge < -0.3 is 0 Å². The first-order valence-electron chi connectivity index (χ1n) is 7.59. The van der Waals surface area contributed by atoms with Crippen molar-refractivity contribution >= 4 is 0 Å². The van der Waals surface area contributed by atoms with Gasteiger partial charge in [0.1, 0.15) is 0 Å². The van der Waals surface area contributed by atoms with Crippen molar-refractivity contribution in [2.45, 2.75) is 79.5 Å². The lowest BCUT2D eigenvalue weighted by Gasteiger charge is -2.44. The van der Waals surface area contributed by atoms with Crippen molar-refractivity contribution in [2.75, 3.05) is 0 Å². The summed E-state index contributed by atoms with van der Waals surface area (Å²) >= 11 is 0. The predicted molar refractivity (Wildman–Crippen MR) is 65.4 cm³/mol. The highest BCUT2D eigenvalue weighted by atomic mass is 19.4. The van der Waals surface area contributed by atoms with E-state index in [1.165, 1.54) is 0 Å². The quantitative estimate of drug-likeness (QED) is 0.247. The van der Waals surface area contributed by atoms with Gasteiger partial charge in [0.15, 0.2) is 0 Å². The fraction of sp³-hybridized carbons (Fsp3) is 1.00. The average Bonchev–Trinajstić information content (AvgIpc) is 2.59. The topological polar surface area (TPSA) is 0 Å². The third kappa shape index (κ3) is 3.67. The van der Waals surface area contributed by atoms with Gasteiger partial charge in [-0.05, 0) is 0 Å². The number of hydrogen-bond donors (Lipinski definition) is 0. The highest BCUT2D eigenvalue weighted by Crippen LogP contribution is 2.66. The Kier molecular flexibility index (Phi) is 7.23. The van der Waals surface area contributed by atoms with E-state index >= 15 is 0 Å². The molecule has 0 bridgehead atoms. The first kappa shape index (κ1) is 31.6. The molecule has 0 aromatic rings. The molecule has 0 aliphatic heterocycles. The van der Waals surface area contributed by atoms with E-state index in [2.05, 4.69) is 0 Å². The van der Waals surface area contributed by atoms with E-state index in [9.17, 15) is 87.8 Å². The fourth-order valence-electron chi connectivity index (χ4n) is 1.91. The maximum Gasteiger partial charge on any atom is 0.385 e. The molecule has 0 nitrogen and oxygen atoms in total. The van der Waals surface area contributed by atoms with E-state index < -0.39 is 72.6 Å². The first-order valence-corrected chi connectivity index (χ1v) is 7.59. The molecule has 0 saturated heterocycles. The van der Waals surface area contributed by atoms with Gasteiger partial charge in [0.25, 0.3) is 0 Å². The van der Waals surface area contributed by atoms with Gasteiger partial charge in [-0.1, -0.05) is 6.92 Å². The van der Waals surface area contributed by atoms with Crippen LogP contribution in [-0.2, 0) is 0 Å². The van der Waals surface area contributed by atoms with E-state index in [-0.39, 0.29) is 6.92 Å². The third-order valence-electron chi connectivity index (χ3n) is 4.22. The second kappa shape index (κ2) is 7.55. The van der Waals surface area contributed by atoms with E-state index in [0.29, 0.717) is 0 Å². The Morgan fingerprint density at radius 2 is 0.515 bits per heavy atom. The average molecular weight is 544 g/mol. The predicted octanol–water partition coefficient (Wildman–Crippen LogP) is 7.77. The van der Waals surface area contributed by atoms with Crippen molar-refractivity contribution in [1.82, 2.24) is 0 Å².